The number of nitrogens with two attached hydrogens (primary N) is 1. The molecular formula is C13H28N2O4. The standard InChI is InChI=1S/C13H28N2O4/c1-4-15-13(2,12(14)16)6-5-7-18-10-11-19-9-8-17-3/h15H,4-11H2,1-3H3,(H2,14,16). The fourth-order valence-electron chi connectivity index (χ4n) is 1.68. The maximum atomic E-state index is 11.4. The van der Waals surface area contributed by atoms with Gasteiger partial charge in [0.15, 0.2) is 0 Å². The van der Waals surface area contributed by atoms with Crippen molar-refractivity contribution in [1.29, 1.82) is 0 Å². The van der Waals surface area contributed by atoms with Gasteiger partial charge in [-0.2, -0.15) is 0 Å². The second-order valence-corrected chi connectivity index (χ2v) is 4.55. The number of ether oxygens (including phenoxy) is 3. The monoisotopic (exact) mass is 276 g/mol. The van der Waals surface area contributed by atoms with Crippen molar-refractivity contribution >= 4 is 5.91 Å². The van der Waals surface area contributed by atoms with Crippen molar-refractivity contribution in [2.75, 3.05) is 46.7 Å². The maximum absolute atomic E-state index is 11.4. The number of likely N-dealkylation sites (N-methyl/N-ethyl adjacent to an activating group) is 1. The SMILES string of the molecule is CCNC(C)(CCCOCCOCCOC)C(N)=O. The van der Waals surface area contributed by atoms with Gasteiger partial charge in [-0.3, -0.25) is 4.79 Å². The third kappa shape index (κ3) is 8.93. The zero-order valence-electron chi connectivity index (χ0n) is 12.4. The van der Waals surface area contributed by atoms with Crippen molar-refractivity contribution in [3.63, 3.8) is 0 Å². The third-order valence-corrected chi connectivity index (χ3v) is 2.88. The molecule has 19 heavy (non-hydrogen) atoms. The zero-order chi connectivity index (χ0) is 14.6. The minimum Gasteiger partial charge on any atom is -0.382 e. The number of carbonyl (C=O) groups is 1. The molecule has 0 spiro atoms. The summed E-state index contributed by atoms with van der Waals surface area (Å²) in [7, 11) is 1.64. The summed E-state index contributed by atoms with van der Waals surface area (Å²) in [6.07, 6.45) is 1.45. The van der Waals surface area contributed by atoms with Crippen LogP contribution in [0.4, 0.5) is 0 Å². The predicted octanol–water partition coefficient (Wildman–Crippen LogP) is 0.300. The highest BCUT2D eigenvalue weighted by Gasteiger charge is 2.28. The lowest BCUT2D eigenvalue weighted by atomic mass is 9.95. The summed E-state index contributed by atoms with van der Waals surface area (Å²) in [5, 5.41) is 3.12. The van der Waals surface area contributed by atoms with Crippen LogP contribution >= 0.6 is 0 Å². The molecule has 1 atom stereocenters. The van der Waals surface area contributed by atoms with E-state index in [1.54, 1.807) is 7.11 Å². The van der Waals surface area contributed by atoms with Crippen molar-refractivity contribution in [2.45, 2.75) is 32.2 Å². The van der Waals surface area contributed by atoms with Gasteiger partial charge in [-0.1, -0.05) is 6.92 Å². The number of methoxy groups -OCH3 is 1. The van der Waals surface area contributed by atoms with Gasteiger partial charge in [-0.15, -0.1) is 0 Å². The number of carbonyl (C=O) groups excluding carboxylic acids is 1. The fraction of sp³-hybridized carbons (Fsp3) is 0.923. The van der Waals surface area contributed by atoms with Gasteiger partial charge in [0, 0.05) is 13.7 Å². The largest absolute Gasteiger partial charge is 0.382 e. The van der Waals surface area contributed by atoms with Crippen LogP contribution in [0.5, 0.6) is 0 Å². The molecule has 6 nitrogen and oxygen atoms in total. The molecule has 0 heterocycles. The number of primary amides is 1. The lowest BCUT2D eigenvalue weighted by Gasteiger charge is -2.26. The topological polar surface area (TPSA) is 82.8 Å². The zero-order valence-corrected chi connectivity index (χ0v) is 12.4. The van der Waals surface area contributed by atoms with Crippen LogP contribution in [0.2, 0.25) is 0 Å². The van der Waals surface area contributed by atoms with E-state index in [-0.39, 0.29) is 5.91 Å². The van der Waals surface area contributed by atoms with Crippen molar-refractivity contribution in [1.82, 2.24) is 5.32 Å². The van der Waals surface area contributed by atoms with E-state index in [1.807, 2.05) is 13.8 Å². The van der Waals surface area contributed by atoms with Crippen LogP contribution in [-0.2, 0) is 19.0 Å². The predicted molar refractivity (Wildman–Crippen MR) is 74.0 cm³/mol. The molecule has 0 bridgehead atoms. The maximum Gasteiger partial charge on any atom is 0.237 e. The first-order valence-corrected chi connectivity index (χ1v) is 6.76. The van der Waals surface area contributed by atoms with Crippen LogP contribution < -0.4 is 11.1 Å². The molecule has 0 rings (SSSR count). The average molecular weight is 276 g/mol. The number of rotatable bonds is 13. The van der Waals surface area contributed by atoms with Crippen LogP contribution in [0, 0.1) is 0 Å². The smallest absolute Gasteiger partial charge is 0.237 e. The number of nitrogens with one attached hydrogen (secondary N) is 1. The molecule has 1 unspecified atom stereocenters. The fourth-order valence-corrected chi connectivity index (χ4v) is 1.68. The first kappa shape index (κ1) is 18.3. The van der Waals surface area contributed by atoms with Crippen molar-refractivity contribution in [2.24, 2.45) is 5.73 Å². The summed E-state index contributed by atoms with van der Waals surface area (Å²) in [6, 6.07) is 0. The molecule has 1 amide bonds. The van der Waals surface area contributed by atoms with E-state index >= 15 is 0 Å². The Hall–Kier alpha value is -0.690. The Morgan fingerprint density at radius 2 is 1.74 bits per heavy atom. The Bertz CT molecular complexity index is 239. The summed E-state index contributed by atoms with van der Waals surface area (Å²) in [5.74, 6) is -0.322. The first-order valence-electron chi connectivity index (χ1n) is 6.76. The van der Waals surface area contributed by atoms with E-state index in [4.69, 9.17) is 19.9 Å². The van der Waals surface area contributed by atoms with E-state index in [1.165, 1.54) is 0 Å². The molecule has 0 aliphatic rings. The lowest BCUT2D eigenvalue weighted by molar-refractivity contribution is -0.124. The Kier molecular flexibility index (Phi) is 10.8. The average Bonchev–Trinajstić information content (AvgIpc) is 2.37. The van der Waals surface area contributed by atoms with Gasteiger partial charge in [-0.05, 0) is 26.3 Å². The summed E-state index contributed by atoms with van der Waals surface area (Å²) < 4.78 is 15.5. The Labute approximate surface area is 116 Å². The quantitative estimate of drug-likeness (QED) is 0.473. The molecule has 0 aromatic carbocycles. The van der Waals surface area contributed by atoms with E-state index in [0.29, 0.717) is 46.0 Å². The van der Waals surface area contributed by atoms with Crippen LogP contribution in [0.1, 0.15) is 26.7 Å². The summed E-state index contributed by atoms with van der Waals surface area (Å²) >= 11 is 0. The minimum absolute atomic E-state index is 0.322. The first-order chi connectivity index (χ1) is 9.06. The van der Waals surface area contributed by atoms with E-state index in [0.717, 1.165) is 6.42 Å². The van der Waals surface area contributed by atoms with Gasteiger partial charge in [0.05, 0.1) is 32.0 Å². The van der Waals surface area contributed by atoms with Crippen molar-refractivity contribution in [3.8, 4) is 0 Å². The number of hydrogen-bond donors (Lipinski definition) is 2. The molecule has 3 N–H and O–H groups in total. The Morgan fingerprint density at radius 3 is 2.26 bits per heavy atom. The van der Waals surface area contributed by atoms with Crippen molar-refractivity contribution < 1.29 is 19.0 Å². The molecule has 0 aromatic heterocycles. The summed E-state index contributed by atoms with van der Waals surface area (Å²) in [4.78, 5) is 11.4. The van der Waals surface area contributed by atoms with E-state index in [9.17, 15) is 4.79 Å². The molecule has 0 aromatic rings. The molecule has 0 saturated carbocycles. The van der Waals surface area contributed by atoms with Crippen LogP contribution in [0.25, 0.3) is 0 Å². The van der Waals surface area contributed by atoms with Gasteiger partial charge >= 0.3 is 0 Å². The summed E-state index contributed by atoms with van der Waals surface area (Å²) in [5.41, 5.74) is 4.75. The van der Waals surface area contributed by atoms with Crippen molar-refractivity contribution in [3.05, 3.63) is 0 Å². The highest BCUT2D eigenvalue weighted by atomic mass is 16.5. The van der Waals surface area contributed by atoms with Gasteiger partial charge < -0.3 is 25.3 Å². The second kappa shape index (κ2) is 11.2. The molecule has 0 saturated heterocycles. The lowest BCUT2D eigenvalue weighted by Crippen LogP contribution is -2.53. The second-order valence-electron chi connectivity index (χ2n) is 4.55. The number of hydrogen-bond acceptors (Lipinski definition) is 5. The molecule has 6 heteroatoms. The van der Waals surface area contributed by atoms with E-state index in [2.05, 4.69) is 5.32 Å². The summed E-state index contributed by atoms with van der Waals surface area (Å²) in [6.45, 7) is 7.39. The third-order valence-electron chi connectivity index (χ3n) is 2.88. The van der Waals surface area contributed by atoms with Gasteiger partial charge in [0.1, 0.15) is 0 Å². The number of amides is 1. The van der Waals surface area contributed by atoms with Crippen LogP contribution in [0.15, 0.2) is 0 Å². The van der Waals surface area contributed by atoms with Gasteiger partial charge in [-0.25, -0.2) is 0 Å². The molecular weight excluding hydrogens is 248 g/mol. The van der Waals surface area contributed by atoms with Crippen LogP contribution in [-0.4, -0.2) is 58.1 Å². The molecule has 0 radical (unpaired) electrons. The Balaban J connectivity index is 3.53. The molecule has 0 fully saturated rings. The van der Waals surface area contributed by atoms with Gasteiger partial charge in [0.25, 0.3) is 0 Å². The minimum atomic E-state index is -0.646. The Morgan fingerprint density at radius 1 is 1.16 bits per heavy atom. The van der Waals surface area contributed by atoms with Gasteiger partial charge in [0.2, 0.25) is 5.91 Å². The van der Waals surface area contributed by atoms with Crippen LogP contribution in [0.3, 0.4) is 0 Å². The van der Waals surface area contributed by atoms with E-state index < -0.39 is 5.54 Å². The molecule has 0 aliphatic heterocycles. The molecule has 0 aliphatic carbocycles. The normalized spacial score (nSPS) is 14.3. The highest BCUT2D eigenvalue weighted by Crippen LogP contribution is 2.11. The molecule has 114 valence electrons. The highest BCUT2D eigenvalue weighted by molar-refractivity contribution is 5.84.